The molecule has 1 N–H and O–H groups in total. The van der Waals surface area contributed by atoms with Crippen LogP contribution in [0.1, 0.15) is 32.8 Å². The molecule has 122 valence electrons. The van der Waals surface area contributed by atoms with Gasteiger partial charge in [-0.25, -0.2) is 18.0 Å². The van der Waals surface area contributed by atoms with Gasteiger partial charge in [0.15, 0.2) is 11.6 Å². The van der Waals surface area contributed by atoms with E-state index in [1.807, 2.05) is 0 Å². The highest BCUT2D eigenvalue weighted by molar-refractivity contribution is 5.68. The molecule has 4 nitrogen and oxygen atoms in total. The van der Waals surface area contributed by atoms with E-state index in [9.17, 15) is 22.8 Å². The number of nitrogens with one attached hydrogen (secondary N) is 1. The predicted octanol–water partition coefficient (Wildman–Crippen LogP) is 3.13. The van der Waals surface area contributed by atoms with Gasteiger partial charge >= 0.3 is 6.09 Å². The van der Waals surface area contributed by atoms with Crippen LogP contribution in [0.3, 0.4) is 0 Å². The molecular formula is C15H18F3NO3. The third-order valence-electron chi connectivity index (χ3n) is 2.66. The zero-order chi connectivity index (χ0) is 16.9. The quantitative estimate of drug-likeness (QED) is 0.670. The van der Waals surface area contributed by atoms with Crippen LogP contribution in [0.4, 0.5) is 18.0 Å². The van der Waals surface area contributed by atoms with Gasteiger partial charge in [-0.1, -0.05) is 0 Å². The highest BCUT2D eigenvalue weighted by Gasteiger charge is 2.21. The first-order chi connectivity index (χ1) is 10.1. The van der Waals surface area contributed by atoms with Gasteiger partial charge in [-0.15, -0.1) is 0 Å². The van der Waals surface area contributed by atoms with Crippen molar-refractivity contribution in [2.45, 2.75) is 45.3 Å². The number of rotatable bonds is 5. The van der Waals surface area contributed by atoms with Crippen molar-refractivity contribution in [1.82, 2.24) is 5.32 Å². The van der Waals surface area contributed by atoms with Gasteiger partial charge in [-0.05, 0) is 38.8 Å². The molecule has 0 radical (unpaired) electrons. The second-order valence-electron chi connectivity index (χ2n) is 5.81. The monoisotopic (exact) mass is 317 g/mol. The third-order valence-corrected chi connectivity index (χ3v) is 2.66. The summed E-state index contributed by atoms with van der Waals surface area (Å²) in [4.78, 5) is 22.3. The number of ether oxygens (including phenoxy) is 1. The van der Waals surface area contributed by atoms with Crippen LogP contribution < -0.4 is 5.32 Å². The van der Waals surface area contributed by atoms with Crippen LogP contribution in [-0.4, -0.2) is 24.0 Å². The minimum absolute atomic E-state index is 0.113. The minimum atomic E-state index is -1.30. The zero-order valence-electron chi connectivity index (χ0n) is 12.6. The lowest BCUT2D eigenvalue weighted by atomic mass is 10.0. The fraction of sp³-hybridized carbons (Fsp3) is 0.467. The average Bonchev–Trinajstić information content (AvgIpc) is 2.33. The molecule has 0 aliphatic heterocycles. The van der Waals surface area contributed by atoms with Crippen LogP contribution in [0.15, 0.2) is 12.1 Å². The van der Waals surface area contributed by atoms with Crippen molar-refractivity contribution in [2.24, 2.45) is 0 Å². The fourth-order valence-electron chi connectivity index (χ4n) is 1.77. The number of hydrogen-bond acceptors (Lipinski definition) is 3. The van der Waals surface area contributed by atoms with Gasteiger partial charge in [0, 0.05) is 18.5 Å². The first-order valence-electron chi connectivity index (χ1n) is 6.69. The van der Waals surface area contributed by atoms with Crippen molar-refractivity contribution in [3.05, 3.63) is 35.1 Å². The summed E-state index contributed by atoms with van der Waals surface area (Å²) in [5, 5.41) is 2.41. The average molecular weight is 317 g/mol. The molecule has 1 unspecified atom stereocenters. The van der Waals surface area contributed by atoms with E-state index in [1.54, 1.807) is 20.8 Å². The second kappa shape index (κ2) is 7.29. The smallest absolute Gasteiger partial charge is 0.407 e. The highest BCUT2D eigenvalue weighted by atomic mass is 19.2. The molecule has 1 aromatic carbocycles. The molecule has 0 heterocycles. The van der Waals surface area contributed by atoms with Gasteiger partial charge in [0.05, 0.1) is 0 Å². The number of carbonyl (C=O) groups is 2. The molecule has 0 saturated heterocycles. The summed E-state index contributed by atoms with van der Waals surface area (Å²) in [5.41, 5.74) is -0.870. The molecule has 0 spiro atoms. The summed E-state index contributed by atoms with van der Waals surface area (Å²) in [6.45, 7) is 4.99. The minimum Gasteiger partial charge on any atom is -0.444 e. The van der Waals surface area contributed by atoms with Crippen LogP contribution in [-0.2, 0) is 16.0 Å². The normalized spacial score (nSPS) is 12.6. The topological polar surface area (TPSA) is 55.4 Å². The van der Waals surface area contributed by atoms with Gasteiger partial charge in [-0.2, -0.15) is 0 Å². The largest absolute Gasteiger partial charge is 0.444 e. The first kappa shape index (κ1) is 18.0. The lowest BCUT2D eigenvalue weighted by Gasteiger charge is -2.23. The van der Waals surface area contributed by atoms with Crippen LogP contribution in [0.2, 0.25) is 0 Å². The van der Waals surface area contributed by atoms with E-state index in [2.05, 4.69) is 5.32 Å². The van der Waals surface area contributed by atoms with Gasteiger partial charge < -0.3 is 14.8 Å². The summed E-state index contributed by atoms with van der Waals surface area (Å²) in [5.74, 6) is -3.44. The molecule has 0 saturated carbocycles. The van der Waals surface area contributed by atoms with Gasteiger partial charge in [0.2, 0.25) is 0 Å². The number of halogens is 3. The Morgan fingerprint density at radius 3 is 2.36 bits per heavy atom. The number of amides is 1. The van der Waals surface area contributed by atoms with Crippen LogP contribution in [0, 0.1) is 17.5 Å². The fourth-order valence-corrected chi connectivity index (χ4v) is 1.77. The van der Waals surface area contributed by atoms with Gasteiger partial charge in [0.1, 0.15) is 17.7 Å². The maximum atomic E-state index is 13.6. The standard InChI is InChI=1S/C15H18F3NO3/c1-15(2,3)22-14(21)19-10(4-5-20)6-9-7-12(17)13(18)8-11(9)16/h5,7-8,10H,4,6H2,1-3H3,(H,19,21). The van der Waals surface area contributed by atoms with Crippen molar-refractivity contribution >= 4 is 12.4 Å². The highest BCUT2D eigenvalue weighted by Crippen LogP contribution is 2.16. The zero-order valence-corrected chi connectivity index (χ0v) is 12.6. The molecule has 0 bridgehead atoms. The first-order valence-corrected chi connectivity index (χ1v) is 6.69. The van der Waals surface area contributed by atoms with Crippen molar-refractivity contribution < 1.29 is 27.5 Å². The van der Waals surface area contributed by atoms with E-state index >= 15 is 0 Å². The van der Waals surface area contributed by atoms with Gasteiger partial charge in [-0.3, -0.25) is 0 Å². The summed E-state index contributed by atoms with van der Waals surface area (Å²) in [6, 6.07) is 0.349. The molecular weight excluding hydrogens is 299 g/mol. The summed E-state index contributed by atoms with van der Waals surface area (Å²) < 4.78 is 44.7. The molecule has 1 amide bonds. The Morgan fingerprint density at radius 1 is 1.23 bits per heavy atom. The maximum absolute atomic E-state index is 13.6. The lowest BCUT2D eigenvalue weighted by Crippen LogP contribution is -2.40. The summed E-state index contributed by atoms with van der Waals surface area (Å²) in [6.07, 6.45) is -0.513. The molecule has 1 aromatic rings. The van der Waals surface area contributed by atoms with E-state index in [4.69, 9.17) is 4.74 Å². The third kappa shape index (κ3) is 5.75. The number of carbonyl (C=O) groups excluding carboxylic acids is 2. The predicted molar refractivity (Wildman–Crippen MR) is 73.9 cm³/mol. The van der Waals surface area contributed by atoms with Crippen molar-refractivity contribution in [3.63, 3.8) is 0 Å². The SMILES string of the molecule is CC(C)(C)OC(=O)NC(CC=O)Cc1cc(F)c(F)cc1F. The maximum Gasteiger partial charge on any atom is 0.407 e. The molecule has 7 heteroatoms. The van der Waals surface area contributed by atoms with Crippen molar-refractivity contribution in [3.8, 4) is 0 Å². The van der Waals surface area contributed by atoms with E-state index in [0.29, 0.717) is 18.4 Å². The summed E-state index contributed by atoms with van der Waals surface area (Å²) in [7, 11) is 0. The Labute approximate surface area is 126 Å². The van der Waals surface area contributed by atoms with Crippen LogP contribution >= 0.6 is 0 Å². The molecule has 0 fully saturated rings. The Morgan fingerprint density at radius 2 is 1.82 bits per heavy atom. The van der Waals surface area contributed by atoms with E-state index in [-0.39, 0.29) is 18.4 Å². The van der Waals surface area contributed by atoms with Crippen molar-refractivity contribution in [1.29, 1.82) is 0 Å². The van der Waals surface area contributed by atoms with Crippen LogP contribution in [0.25, 0.3) is 0 Å². The van der Waals surface area contributed by atoms with Gasteiger partial charge in [0.25, 0.3) is 0 Å². The number of benzene rings is 1. The number of hydrogen-bond donors (Lipinski definition) is 1. The Hall–Kier alpha value is -2.05. The molecule has 22 heavy (non-hydrogen) atoms. The molecule has 1 atom stereocenters. The molecule has 0 aromatic heterocycles. The van der Waals surface area contributed by atoms with E-state index in [1.165, 1.54) is 0 Å². The van der Waals surface area contributed by atoms with E-state index in [0.717, 1.165) is 0 Å². The Balaban J connectivity index is 2.82. The number of aldehydes is 1. The summed E-state index contributed by atoms with van der Waals surface area (Å²) >= 11 is 0. The second-order valence-corrected chi connectivity index (χ2v) is 5.81. The van der Waals surface area contributed by atoms with E-state index < -0.39 is 35.2 Å². The number of alkyl carbamates (subject to hydrolysis) is 1. The van der Waals surface area contributed by atoms with Crippen molar-refractivity contribution in [2.75, 3.05) is 0 Å². The molecule has 0 aliphatic carbocycles. The Bertz CT molecular complexity index is 556. The lowest BCUT2D eigenvalue weighted by molar-refractivity contribution is -0.108. The van der Waals surface area contributed by atoms with Crippen LogP contribution in [0.5, 0.6) is 0 Å². The molecule has 0 aliphatic rings. The molecule has 1 rings (SSSR count). The Kier molecular flexibility index (Phi) is 5.96.